The predicted octanol–water partition coefficient (Wildman–Crippen LogP) is 4.07. The summed E-state index contributed by atoms with van der Waals surface area (Å²) < 4.78 is 70.8. The molecule has 3 aromatic carbocycles. The summed E-state index contributed by atoms with van der Waals surface area (Å²) in [5, 5.41) is 24.9. The molecule has 0 fully saturated rings. The van der Waals surface area contributed by atoms with Crippen molar-refractivity contribution in [1.29, 1.82) is 0 Å². The lowest BCUT2D eigenvalue weighted by molar-refractivity contribution is -0.274. The number of amides is 1. The number of rotatable bonds is 11. The number of carbonyl (C=O) groups is 2. The van der Waals surface area contributed by atoms with Crippen molar-refractivity contribution >= 4 is 39.0 Å². The molecule has 15 heteroatoms. The summed E-state index contributed by atoms with van der Waals surface area (Å²) in [6.07, 6.45) is -2.97. The highest BCUT2D eigenvalue weighted by molar-refractivity contribution is 7.92. The number of carbonyl (C=O) groups excluding carboxylic acids is 1. The number of carboxylic acid groups (broad SMARTS) is 1. The Labute approximate surface area is 276 Å². The molecule has 48 heavy (non-hydrogen) atoms. The highest BCUT2D eigenvalue weighted by Gasteiger charge is 2.31. The van der Waals surface area contributed by atoms with E-state index in [2.05, 4.69) is 15.4 Å². The summed E-state index contributed by atoms with van der Waals surface area (Å²) in [6, 6.07) is 17.4. The first-order valence-corrected chi connectivity index (χ1v) is 16.7. The van der Waals surface area contributed by atoms with Gasteiger partial charge in [0.1, 0.15) is 5.75 Å². The molecule has 1 aliphatic rings. The first-order valence-electron chi connectivity index (χ1n) is 15.0. The van der Waals surface area contributed by atoms with Crippen LogP contribution in [-0.4, -0.2) is 73.4 Å². The minimum Gasteiger partial charge on any atom is -0.483 e. The van der Waals surface area contributed by atoms with Crippen LogP contribution in [0.1, 0.15) is 34.0 Å². The number of anilines is 1. The van der Waals surface area contributed by atoms with Gasteiger partial charge < -0.3 is 30.2 Å². The van der Waals surface area contributed by atoms with Gasteiger partial charge in [0, 0.05) is 43.8 Å². The number of nitrogens with zero attached hydrogens (tertiary/aromatic N) is 2. The van der Waals surface area contributed by atoms with E-state index in [4.69, 9.17) is 9.90 Å². The molecule has 0 radical (unpaired) electrons. The van der Waals surface area contributed by atoms with Crippen LogP contribution in [0.15, 0.2) is 72.9 Å². The number of hydrogen-bond acceptors (Lipinski definition) is 7. The van der Waals surface area contributed by atoms with Gasteiger partial charge in [0.05, 0.1) is 29.1 Å². The van der Waals surface area contributed by atoms with Crippen molar-refractivity contribution in [2.75, 3.05) is 23.7 Å². The van der Waals surface area contributed by atoms with E-state index < -0.39 is 34.4 Å². The number of ether oxygens (including phenoxy) is 1. The topological polar surface area (TPSA) is 150 Å². The third-order valence-electron chi connectivity index (χ3n) is 7.92. The molecule has 11 nitrogen and oxygen atoms in total. The van der Waals surface area contributed by atoms with E-state index in [1.807, 2.05) is 48.0 Å². The Morgan fingerprint density at radius 1 is 1.08 bits per heavy atom. The van der Waals surface area contributed by atoms with E-state index in [0.29, 0.717) is 30.6 Å². The summed E-state index contributed by atoms with van der Waals surface area (Å²) in [7, 11) is -2.11. The fourth-order valence-electron chi connectivity index (χ4n) is 5.58. The Bertz CT molecular complexity index is 1830. The zero-order chi connectivity index (χ0) is 35.1. The van der Waals surface area contributed by atoms with Crippen molar-refractivity contribution in [3.05, 3.63) is 95.2 Å². The maximum absolute atomic E-state index is 13.8. The highest BCUT2D eigenvalue weighted by Crippen LogP contribution is 2.35. The van der Waals surface area contributed by atoms with Gasteiger partial charge in [0.25, 0.3) is 12.4 Å². The Morgan fingerprint density at radius 3 is 2.44 bits per heavy atom. The quantitative estimate of drug-likeness (QED) is 0.172. The number of halogens is 3. The molecular weight excluding hydrogens is 653 g/mol. The van der Waals surface area contributed by atoms with Gasteiger partial charge in [0.2, 0.25) is 10.0 Å². The standard InChI is InChI=1S/C32H35F3N4O5S.CH2O2/c1-3-23-20-39-12-13-45(42,43)38(2)28-17-24(16-26(23)30(28)39)31(41)37-27(15-21-8-5-4-6-9-21)29(40)19-36-18-22-10-7-11-25(14-22)44-32(33,34)35;2-1-3/h4-11,14,16-17,20,27,29,36,40H,3,12-13,15,18-19H2,1-2H3,(H,37,41);1H,(H,2,3)/t27-,29+;/m0./s1. The Kier molecular flexibility index (Phi) is 11.7. The van der Waals surface area contributed by atoms with Crippen LogP contribution in [0.4, 0.5) is 18.9 Å². The van der Waals surface area contributed by atoms with Gasteiger partial charge in [-0.25, -0.2) is 8.42 Å². The lowest BCUT2D eigenvalue weighted by Crippen LogP contribution is -2.48. The SMILES string of the molecule is CCc1cn2c3c(cc(C(=O)N[C@@H](Cc4ccccc4)[C@H](O)CNCc4cccc(OC(F)(F)F)c4)cc13)N(C)S(=O)(=O)CC2.O=CO. The predicted molar refractivity (Wildman–Crippen MR) is 174 cm³/mol. The number of aliphatic hydroxyl groups is 1. The zero-order valence-corrected chi connectivity index (χ0v) is 27.1. The number of alkyl halides is 3. The summed E-state index contributed by atoms with van der Waals surface area (Å²) in [6.45, 7) is 2.22. The van der Waals surface area contributed by atoms with Crippen LogP contribution in [0.3, 0.4) is 0 Å². The minimum absolute atomic E-state index is 0.0240. The second-order valence-electron chi connectivity index (χ2n) is 11.1. The molecule has 1 amide bonds. The van der Waals surface area contributed by atoms with Crippen LogP contribution < -0.4 is 19.7 Å². The fourth-order valence-corrected chi connectivity index (χ4v) is 6.72. The number of aryl methyl sites for hydroxylation is 2. The molecule has 2 atom stereocenters. The zero-order valence-electron chi connectivity index (χ0n) is 26.3. The number of aliphatic hydroxyl groups excluding tert-OH is 1. The minimum atomic E-state index is -4.81. The Hall–Kier alpha value is -4.60. The molecule has 1 aromatic heterocycles. The van der Waals surface area contributed by atoms with Crippen LogP contribution in [-0.2, 0) is 40.7 Å². The molecule has 0 saturated heterocycles. The van der Waals surface area contributed by atoms with Gasteiger partial charge >= 0.3 is 6.36 Å². The van der Waals surface area contributed by atoms with E-state index in [1.165, 1.54) is 29.6 Å². The normalized spacial score (nSPS) is 15.1. The first kappa shape index (κ1) is 36.2. The molecule has 258 valence electrons. The monoisotopic (exact) mass is 690 g/mol. The second kappa shape index (κ2) is 15.5. The Morgan fingerprint density at radius 2 is 1.77 bits per heavy atom. The van der Waals surface area contributed by atoms with E-state index in [-0.39, 0.29) is 36.6 Å². The molecule has 4 aromatic rings. The van der Waals surface area contributed by atoms with Crippen LogP contribution in [0.25, 0.3) is 10.9 Å². The van der Waals surface area contributed by atoms with E-state index in [1.54, 1.807) is 18.2 Å². The van der Waals surface area contributed by atoms with Crippen LogP contribution in [0.2, 0.25) is 0 Å². The van der Waals surface area contributed by atoms with Crippen LogP contribution >= 0.6 is 0 Å². The first-order chi connectivity index (χ1) is 22.8. The van der Waals surface area contributed by atoms with Gasteiger partial charge in [0.15, 0.2) is 0 Å². The molecule has 0 unspecified atom stereocenters. The summed E-state index contributed by atoms with van der Waals surface area (Å²) in [5.41, 5.74) is 3.80. The van der Waals surface area contributed by atoms with Crippen molar-refractivity contribution in [3.8, 4) is 5.75 Å². The maximum atomic E-state index is 13.8. The second-order valence-corrected chi connectivity index (χ2v) is 13.3. The van der Waals surface area contributed by atoms with Gasteiger partial charge in [-0.05, 0) is 53.8 Å². The molecule has 1 aliphatic heterocycles. The third kappa shape index (κ3) is 9.05. The largest absolute Gasteiger partial charge is 0.573 e. The highest BCUT2D eigenvalue weighted by atomic mass is 32.2. The molecule has 0 aliphatic carbocycles. The van der Waals surface area contributed by atoms with E-state index >= 15 is 0 Å². The van der Waals surface area contributed by atoms with Gasteiger partial charge in [-0.1, -0.05) is 49.4 Å². The molecule has 0 spiro atoms. The Balaban J connectivity index is 0.00000167. The number of hydrogen-bond donors (Lipinski definition) is 4. The van der Waals surface area contributed by atoms with Crippen LogP contribution in [0, 0.1) is 0 Å². The number of sulfonamides is 1. The average Bonchev–Trinajstić information content (AvgIpc) is 3.36. The smallest absolute Gasteiger partial charge is 0.483 e. The molecular formula is C33H37F3N4O7S. The maximum Gasteiger partial charge on any atom is 0.573 e. The van der Waals surface area contributed by atoms with E-state index in [9.17, 15) is 31.5 Å². The molecule has 0 saturated carbocycles. The molecule has 2 heterocycles. The summed E-state index contributed by atoms with van der Waals surface area (Å²) in [4.78, 5) is 22.1. The number of nitrogens with one attached hydrogen (secondary N) is 2. The van der Waals surface area contributed by atoms with Crippen molar-refractivity contribution in [2.24, 2.45) is 0 Å². The summed E-state index contributed by atoms with van der Waals surface area (Å²) >= 11 is 0. The lowest BCUT2D eigenvalue weighted by Gasteiger charge is -2.25. The number of aromatic nitrogens is 1. The van der Waals surface area contributed by atoms with Gasteiger partial charge in [-0.2, -0.15) is 0 Å². The van der Waals surface area contributed by atoms with Crippen LogP contribution in [0.5, 0.6) is 5.75 Å². The van der Waals surface area contributed by atoms with Crippen molar-refractivity contribution < 1.29 is 46.1 Å². The molecule has 4 N–H and O–H groups in total. The molecule has 5 rings (SSSR count). The van der Waals surface area contributed by atoms with Crippen molar-refractivity contribution in [2.45, 2.75) is 51.4 Å². The molecule has 0 bridgehead atoms. The van der Waals surface area contributed by atoms with Crippen molar-refractivity contribution in [1.82, 2.24) is 15.2 Å². The van der Waals surface area contributed by atoms with Gasteiger partial charge in [-0.15, -0.1) is 13.2 Å². The lowest BCUT2D eigenvalue weighted by atomic mass is 9.99. The summed E-state index contributed by atoms with van der Waals surface area (Å²) in [5.74, 6) is -0.886. The van der Waals surface area contributed by atoms with Crippen molar-refractivity contribution in [3.63, 3.8) is 0 Å². The van der Waals surface area contributed by atoms with Gasteiger partial charge in [-0.3, -0.25) is 13.9 Å². The fraction of sp³-hybridized carbons (Fsp3) is 0.333. The third-order valence-corrected chi connectivity index (χ3v) is 9.65. The average molecular weight is 691 g/mol. The van der Waals surface area contributed by atoms with E-state index in [0.717, 1.165) is 22.0 Å². The number of benzene rings is 3.